The summed E-state index contributed by atoms with van der Waals surface area (Å²) in [6, 6.07) is 20.8. The van der Waals surface area contributed by atoms with Crippen LogP contribution in [0.5, 0.6) is 0 Å². The summed E-state index contributed by atoms with van der Waals surface area (Å²) in [5, 5.41) is 13.1. The van der Waals surface area contributed by atoms with Gasteiger partial charge >= 0.3 is 5.97 Å². The minimum absolute atomic E-state index is 0.0781. The van der Waals surface area contributed by atoms with E-state index in [-0.39, 0.29) is 5.78 Å². The van der Waals surface area contributed by atoms with E-state index in [0.717, 1.165) is 28.8 Å². The summed E-state index contributed by atoms with van der Waals surface area (Å²) in [4.78, 5) is 28.6. The van der Waals surface area contributed by atoms with Crippen LogP contribution in [0.1, 0.15) is 29.6 Å². The number of nitrogens with zero attached hydrogens (tertiary/aromatic N) is 1. The van der Waals surface area contributed by atoms with E-state index >= 15 is 0 Å². The van der Waals surface area contributed by atoms with E-state index in [4.69, 9.17) is 16.0 Å². The van der Waals surface area contributed by atoms with Crippen molar-refractivity contribution in [1.29, 1.82) is 0 Å². The molecule has 0 unspecified atom stereocenters. The Bertz CT molecular complexity index is 1330. The van der Waals surface area contributed by atoms with E-state index in [1.165, 1.54) is 0 Å². The number of oxazole rings is 1. The van der Waals surface area contributed by atoms with Crippen molar-refractivity contribution >= 4 is 46.2 Å². The summed E-state index contributed by atoms with van der Waals surface area (Å²) in [6.45, 7) is 0. The molecule has 33 heavy (non-hydrogen) atoms. The van der Waals surface area contributed by atoms with Crippen LogP contribution in [-0.2, 0) is 4.79 Å². The maximum atomic E-state index is 12.8. The molecule has 1 heterocycles. The summed E-state index contributed by atoms with van der Waals surface area (Å²) >= 11 is 5.99. The number of carboxylic acid groups (broad SMARTS) is 1. The minimum Gasteiger partial charge on any atom is -0.481 e. The predicted molar refractivity (Wildman–Crippen MR) is 127 cm³/mol. The standard InChI is InChI=1S/C26H21ClN2O4/c27-18-10-13-22-23(14-18)33-26(29-22)28-19-11-8-16(9-12-19)15-4-6-17(7-5-15)24(30)20-2-1-3-21(20)25(31)32/h4-14,20-21H,1-3H2,(H,28,29)(H,31,32)/t20-,21-/m1/s1. The number of aromatic nitrogens is 1. The summed E-state index contributed by atoms with van der Waals surface area (Å²) in [7, 11) is 0. The van der Waals surface area contributed by atoms with Crippen molar-refractivity contribution in [3.05, 3.63) is 77.3 Å². The minimum atomic E-state index is -0.877. The van der Waals surface area contributed by atoms with Crippen LogP contribution >= 0.6 is 11.6 Å². The third-order valence-corrected chi connectivity index (χ3v) is 6.39. The van der Waals surface area contributed by atoms with Gasteiger partial charge in [-0.05, 0) is 48.2 Å². The molecule has 1 aliphatic rings. The summed E-state index contributed by atoms with van der Waals surface area (Å²) in [5.74, 6) is -1.96. The van der Waals surface area contributed by atoms with Gasteiger partial charge < -0.3 is 14.8 Å². The SMILES string of the molecule is O=C(O)[C@@H]1CCC[C@H]1C(=O)c1ccc(-c2ccc(Nc3nc4ccc(Cl)cc4o3)cc2)cc1. The molecule has 1 aromatic heterocycles. The molecular weight excluding hydrogens is 440 g/mol. The Kier molecular flexibility index (Phi) is 5.60. The van der Waals surface area contributed by atoms with Crippen LogP contribution < -0.4 is 5.32 Å². The van der Waals surface area contributed by atoms with Gasteiger partial charge in [-0.15, -0.1) is 0 Å². The Morgan fingerprint density at radius 1 is 0.939 bits per heavy atom. The van der Waals surface area contributed by atoms with E-state index in [2.05, 4.69) is 10.3 Å². The number of carboxylic acids is 1. The summed E-state index contributed by atoms with van der Waals surface area (Å²) in [6.07, 6.45) is 1.99. The van der Waals surface area contributed by atoms with Crippen LogP contribution in [0.2, 0.25) is 5.02 Å². The molecule has 2 atom stereocenters. The van der Waals surface area contributed by atoms with E-state index in [9.17, 15) is 14.7 Å². The maximum Gasteiger partial charge on any atom is 0.307 e. The molecule has 0 amide bonds. The van der Waals surface area contributed by atoms with Crippen LogP contribution in [0, 0.1) is 11.8 Å². The van der Waals surface area contributed by atoms with Gasteiger partial charge in [0.2, 0.25) is 0 Å². The second kappa shape index (κ2) is 8.71. The van der Waals surface area contributed by atoms with Gasteiger partial charge in [0, 0.05) is 28.3 Å². The number of fused-ring (bicyclic) bond motifs is 1. The van der Waals surface area contributed by atoms with Crippen LogP contribution in [0.25, 0.3) is 22.2 Å². The topological polar surface area (TPSA) is 92.4 Å². The second-order valence-electron chi connectivity index (χ2n) is 8.26. The lowest BCUT2D eigenvalue weighted by Gasteiger charge is -2.14. The fourth-order valence-corrected chi connectivity index (χ4v) is 4.59. The predicted octanol–water partition coefficient (Wildman–Crippen LogP) is 6.58. The van der Waals surface area contributed by atoms with Crippen LogP contribution in [0.3, 0.4) is 0 Å². The Hall–Kier alpha value is -3.64. The third-order valence-electron chi connectivity index (χ3n) is 6.16. The Labute approximate surface area is 195 Å². The number of carbonyl (C=O) groups excluding carboxylic acids is 1. The molecule has 6 nitrogen and oxygen atoms in total. The second-order valence-corrected chi connectivity index (χ2v) is 8.69. The number of hydrogen-bond donors (Lipinski definition) is 2. The Morgan fingerprint density at radius 3 is 2.30 bits per heavy atom. The lowest BCUT2D eigenvalue weighted by atomic mass is 9.88. The first-order valence-corrected chi connectivity index (χ1v) is 11.2. The first kappa shape index (κ1) is 21.2. The van der Waals surface area contributed by atoms with E-state index in [1.807, 2.05) is 36.4 Å². The molecule has 3 aromatic carbocycles. The lowest BCUT2D eigenvalue weighted by Crippen LogP contribution is -2.25. The van der Waals surface area contributed by atoms with Gasteiger partial charge in [0.15, 0.2) is 11.4 Å². The molecule has 0 radical (unpaired) electrons. The fraction of sp³-hybridized carbons (Fsp3) is 0.192. The Balaban J connectivity index is 1.29. The summed E-state index contributed by atoms with van der Waals surface area (Å²) in [5.41, 5.74) is 4.68. The first-order valence-electron chi connectivity index (χ1n) is 10.8. The molecule has 4 aromatic rings. The molecular formula is C26H21ClN2O4. The molecule has 0 saturated heterocycles. The van der Waals surface area contributed by atoms with Gasteiger partial charge in [0.25, 0.3) is 6.01 Å². The smallest absolute Gasteiger partial charge is 0.307 e. The van der Waals surface area contributed by atoms with Gasteiger partial charge in [-0.3, -0.25) is 9.59 Å². The van der Waals surface area contributed by atoms with Crippen molar-refractivity contribution in [2.45, 2.75) is 19.3 Å². The van der Waals surface area contributed by atoms with Crippen LogP contribution in [0.4, 0.5) is 11.7 Å². The number of halogens is 1. The molecule has 1 fully saturated rings. The summed E-state index contributed by atoms with van der Waals surface area (Å²) < 4.78 is 5.69. The molecule has 166 valence electrons. The number of rotatable bonds is 6. The van der Waals surface area contributed by atoms with Gasteiger partial charge in [-0.2, -0.15) is 4.98 Å². The number of aliphatic carboxylic acids is 1. The molecule has 0 spiro atoms. The van der Waals surface area contributed by atoms with Gasteiger partial charge in [-0.1, -0.05) is 54.4 Å². The monoisotopic (exact) mass is 460 g/mol. The number of anilines is 2. The van der Waals surface area contributed by atoms with Crippen molar-refractivity contribution in [3.63, 3.8) is 0 Å². The molecule has 1 saturated carbocycles. The number of benzene rings is 3. The highest BCUT2D eigenvalue weighted by atomic mass is 35.5. The van der Waals surface area contributed by atoms with Crippen molar-refractivity contribution in [2.24, 2.45) is 11.8 Å². The van der Waals surface area contributed by atoms with E-state index in [0.29, 0.717) is 35.0 Å². The number of hydrogen-bond acceptors (Lipinski definition) is 5. The first-order chi connectivity index (χ1) is 16.0. The molecule has 1 aliphatic carbocycles. The average Bonchev–Trinajstić information content (AvgIpc) is 3.46. The van der Waals surface area contributed by atoms with Crippen molar-refractivity contribution < 1.29 is 19.1 Å². The molecule has 0 aliphatic heterocycles. The highest BCUT2D eigenvalue weighted by molar-refractivity contribution is 6.31. The number of carbonyl (C=O) groups is 2. The van der Waals surface area contributed by atoms with Gasteiger partial charge in [0.1, 0.15) is 5.52 Å². The van der Waals surface area contributed by atoms with E-state index in [1.54, 1.807) is 30.3 Å². The largest absolute Gasteiger partial charge is 0.481 e. The number of ketones is 1. The van der Waals surface area contributed by atoms with Crippen molar-refractivity contribution in [3.8, 4) is 11.1 Å². The normalized spacial score (nSPS) is 17.8. The van der Waals surface area contributed by atoms with Crippen molar-refractivity contribution in [2.75, 3.05) is 5.32 Å². The van der Waals surface area contributed by atoms with Crippen molar-refractivity contribution in [1.82, 2.24) is 4.98 Å². The lowest BCUT2D eigenvalue weighted by molar-refractivity contribution is -0.142. The van der Waals surface area contributed by atoms with Gasteiger partial charge in [-0.25, -0.2) is 0 Å². The molecule has 7 heteroatoms. The maximum absolute atomic E-state index is 12.8. The molecule has 0 bridgehead atoms. The molecule has 5 rings (SSSR count). The fourth-order valence-electron chi connectivity index (χ4n) is 4.43. The average molecular weight is 461 g/mol. The van der Waals surface area contributed by atoms with E-state index < -0.39 is 17.8 Å². The van der Waals surface area contributed by atoms with Crippen LogP contribution in [-0.4, -0.2) is 21.8 Å². The highest BCUT2D eigenvalue weighted by Gasteiger charge is 2.37. The third kappa shape index (κ3) is 4.34. The molecule has 2 N–H and O–H groups in total. The Morgan fingerprint density at radius 2 is 1.61 bits per heavy atom. The highest BCUT2D eigenvalue weighted by Crippen LogP contribution is 2.35. The van der Waals surface area contributed by atoms with Crippen LogP contribution in [0.15, 0.2) is 71.1 Å². The zero-order valence-corrected chi connectivity index (χ0v) is 18.4. The number of Topliss-reactive ketones (excluding diaryl/α,β-unsaturated/α-hetero) is 1. The zero-order valence-electron chi connectivity index (χ0n) is 17.6. The zero-order chi connectivity index (χ0) is 22.9. The quantitative estimate of drug-likeness (QED) is 0.316. The number of nitrogens with one attached hydrogen (secondary N) is 1. The van der Waals surface area contributed by atoms with Gasteiger partial charge in [0.05, 0.1) is 5.92 Å².